The maximum absolute atomic E-state index is 12.5. The lowest BCUT2D eigenvalue weighted by Crippen LogP contribution is -2.18. The van der Waals surface area contributed by atoms with Crippen molar-refractivity contribution in [2.75, 3.05) is 11.6 Å². The van der Waals surface area contributed by atoms with E-state index < -0.39 is 21.7 Å². The van der Waals surface area contributed by atoms with Crippen molar-refractivity contribution in [3.05, 3.63) is 53.6 Å². The molecule has 8 heteroatoms. The molecule has 0 radical (unpaired) electrons. The molecular formula is C19H21NO6S. The van der Waals surface area contributed by atoms with Crippen LogP contribution in [0.2, 0.25) is 0 Å². The molecule has 2 aromatic carbocycles. The van der Waals surface area contributed by atoms with Gasteiger partial charge < -0.3 is 15.2 Å². The third-order valence-corrected chi connectivity index (χ3v) is 4.78. The first-order valence-corrected chi connectivity index (χ1v) is 10.1. The number of carboxylic acids is 1. The molecule has 144 valence electrons. The van der Waals surface area contributed by atoms with Crippen molar-refractivity contribution in [2.45, 2.75) is 31.3 Å². The van der Waals surface area contributed by atoms with E-state index in [2.05, 4.69) is 5.32 Å². The third-order valence-electron chi connectivity index (χ3n) is 3.59. The van der Waals surface area contributed by atoms with E-state index in [-0.39, 0.29) is 28.7 Å². The lowest BCUT2D eigenvalue weighted by molar-refractivity contribution is -0.115. The van der Waals surface area contributed by atoms with Crippen LogP contribution >= 0.6 is 0 Å². The highest BCUT2D eigenvalue weighted by molar-refractivity contribution is 7.90. The van der Waals surface area contributed by atoms with E-state index >= 15 is 0 Å². The summed E-state index contributed by atoms with van der Waals surface area (Å²) in [6.07, 6.45) is 0.721. The minimum absolute atomic E-state index is 0.00191. The van der Waals surface area contributed by atoms with Crippen LogP contribution < -0.4 is 10.1 Å². The summed E-state index contributed by atoms with van der Waals surface area (Å²) in [5.74, 6) is -1.29. The molecule has 2 aromatic rings. The number of anilines is 1. The molecule has 0 heterocycles. The van der Waals surface area contributed by atoms with Crippen LogP contribution in [0.5, 0.6) is 5.75 Å². The number of hydrogen-bond acceptors (Lipinski definition) is 5. The van der Waals surface area contributed by atoms with Gasteiger partial charge in [0.1, 0.15) is 5.75 Å². The Morgan fingerprint density at radius 2 is 1.81 bits per heavy atom. The van der Waals surface area contributed by atoms with Crippen LogP contribution in [0.1, 0.15) is 29.8 Å². The molecule has 0 aromatic heterocycles. The normalized spacial score (nSPS) is 11.3. The van der Waals surface area contributed by atoms with E-state index in [0.717, 1.165) is 6.26 Å². The molecule has 0 atom stereocenters. The third kappa shape index (κ3) is 5.55. The lowest BCUT2D eigenvalue weighted by atomic mass is 10.1. The van der Waals surface area contributed by atoms with Crippen LogP contribution in [0, 0.1) is 0 Å². The van der Waals surface area contributed by atoms with Crippen LogP contribution in [0.3, 0.4) is 0 Å². The second kappa shape index (κ2) is 8.22. The number of sulfone groups is 1. The van der Waals surface area contributed by atoms with Gasteiger partial charge in [0.05, 0.1) is 28.7 Å². The largest absolute Gasteiger partial charge is 0.489 e. The van der Waals surface area contributed by atoms with Crippen LogP contribution in [-0.4, -0.2) is 37.8 Å². The Balaban J connectivity index is 2.30. The van der Waals surface area contributed by atoms with Gasteiger partial charge in [0.25, 0.3) is 0 Å². The molecule has 2 rings (SSSR count). The van der Waals surface area contributed by atoms with Crippen molar-refractivity contribution in [3.8, 4) is 5.75 Å². The van der Waals surface area contributed by atoms with Gasteiger partial charge in [-0.1, -0.05) is 18.2 Å². The van der Waals surface area contributed by atoms with Gasteiger partial charge >= 0.3 is 5.97 Å². The van der Waals surface area contributed by atoms with Crippen molar-refractivity contribution >= 4 is 27.4 Å². The molecule has 0 aliphatic carbocycles. The van der Waals surface area contributed by atoms with Crippen molar-refractivity contribution in [1.29, 1.82) is 0 Å². The highest BCUT2D eigenvalue weighted by Crippen LogP contribution is 2.27. The Morgan fingerprint density at radius 1 is 1.15 bits per heavy atom. The number of benzene rings is 2. The Kier molecular flexibility index (Phi) is 6.22. The fourth-order valence-electron chi connectivity index (χ4n) is 2.50. The maximum atomic E-state index is 12.5. The predicted octanol–water partition coefficient (Wildman–Crippen LogP) is 2.76. The lowest BCUT2D eigenvalue weighted by Gasteiger charge is -2.16. The van der Waals surface area contributed by atoms with Gasteiger partial charge in [0.2, 0.25) is 5.91 Å². The van der Waals surface area contributed by atoms with E-state index in [1.54, 1.807) is 32.0 Å². The molecule has 27 heavy (non-hydrogen) atoms. The fourth-order valence-corrected chi connectivity index (χ4v) is 3.44. The number of amides is 1. The number of rotatable bonds is 7. The van der Waals surface area contributed by atoms with Crippen molar-refractivity contribution < 1.29 is 27.9 Å². The van der Waals surface area contributed by atoms with Gasteiger partial charge in [0.15, 0.2) is 9.84 Å². The van der Waals surface area contributed by atoms with E-state index in [9.17, 15) is 18.0 Å². The highest BCUT2D eigenvalue weighted by atomic mass is 32.2. The molecule has 2 N–H and O–H groups in total. The second-order valence-corrected chi connectivity index (χ2v) is 8.27. The molecule has 1 amide bonds. The van der Waals surface area contributed by atoms with Crippen molar-refractivity contribution in [3.63, 3.8) is 0 Å². The van der Waals surface area contributed by atoms with Gasteiger partial charge in [-0.25, -0.2) is 13.2 Å². The molecule has 0 unspecified atom stereocenters. The first kappa shape index (κ1) is 20.4. The average Bonchev–Trinajstić information content (AvgIpc) is 2.55. The first-order chi connectivity index (χ1) is 12.6. The van der Waals surface area contributed by atoms with E-state index in [1.807, 2.05) is 0 Å². The van der Waals surface area contributed by atoms with Gasteiger partial charge in [-0.3, -0.25) is 4.79 Å². The molecule has 0 saturated heterocycles. The van der Waals surface area contributed by atoms with Gasteiger partial charge in [-0.05, 0) is 43.7 Å². The summed E-state index contributed by atoms with van der Waals surface area (Å²) in [6.45, 7) is 3.61. The maximum Gasteiger partial charge on any atom is 0.335 e. The Hall–Kier alpha value is -2.87. The molecule has 7 nitrogen and oxygen atoms in total. The SMILES string of the molecule is CC(C)Oc1ccc(C(=O)O)cc1NC(=O)Cc1ccccc1S(C)(=O)=O. The Bertz CT molecular complexity index is 966. The molecule has 0 saturated carbocycles. The summed E-state index contributed by atoms with van der Waals surface area (Å²) >= 11 is 0. The van der Waals surface area contributed by atoms with Crippen molar-refractivity contribution in [1.82, 2.24) is 0 Å². The number of carboxylic acid groups (broad SMARTS) is 1. The number of ether oxygens (including phenoxy) is 1. The minimum atomic E-state index is -3.48. The number of carbonyl (C=O) groups excluding carboxylic acids is 1. The highest BCUT2D eigenvalue weighted by Gasteiger charge is 2.17. The molecule has 0 aliphatic rings. The molecule has 0 spiro atoms. The monoisotopic (exact) mass is 391 g/mol. The summed E-state index contributed by atoms with van der Waals surface area (Å²) in [6, 6.07) is 10.4. The zero-order valence-corrected chi connectivity index (χ0v) is 16.0. The zero-order valence-electron chi connectivity index (χ0n) is 15.2. The van der Waals surface area contributed by atoms with E-state index in [0.29, 0.717) is 11.3 Å². The topological polar surface area (TPSA) is 110 Å². The fraction of sp³-hybridized carbons (Fsp3) is 0.263. The Morgan fingerprint density at radius 3 is 2.41 bits per heavy atom. The van der Waals surface area contributed by atoms with Crippen molar-refractivity contribution in [2.24, 2.45) is 0 Å². The number of aromatic carboxylic acids is 1. The minimum Gasteiger partial charge on any atom is -0.489 e. The summed E-state index contributed by atoms with van der Waals surface area (Å²) in [5, 5.41) is 11.8. The van der Waals surface area contributed by atoms with Crippen LogP contribution in [0.15, 0.2) is 47.4 Å². The number of hydrogen-bond donors (Lipinski definition) is 2. The van der Waals surface area contributed by atoms with Crippen LogP contribution in [-0.2, 0) is 21.1 Å². The second-order valence-electron chi connectivity index (χ2n) is 6.29. The summed E-state index contributed by atoms with van der Waals surface area (Å²) in [5.41, 5.74) is 0.571. The summed E-state index contributed by atoms with van der Waals surface area (Å²) in [7, 11) is -3.48. The van der Waals surface area contributed by atoms with Gasteiger partial charge in [-0.2, -0.15) is 0 Å². The average molecular weight is 391 g/mol. The Labute approximate surface area is 157 Å². The molecule has 0 fully saturated rings. The van der Waals surface area contributed by atoms with Gasteiger partial charge in [-0.15, -0.1) is 0 Å². The predicted molar refractivity (Wildman–Crippen MR) is 101 cm³/mol. The zero-order chi connectivity index (χ0) is 20.2. The smallest absolute Gasteiger partial charge is 0.335 e. The summed E-state index contributed by atoms with van der Waals surface area (Å²) < 4.78 is 29.3. The van der Waals surface area contributed by atoms with E-state index in [4.69, 9.17) is 9.84 Å². The van der Waals surface area contributed by atoms with Gasteiger partial charge in [0, 0.05) is 6.26 Å². The van der Waals surface area contributed by atoms with E-state index in [1.165, 1.54) is 24.3 Å². The summed E-state index contributed by atoms with van der Waals surface area (Å²) in [4.78, 5) is 23.8. The number of nitrogens with one attached hydrogen (secondary N) is 1. The molecular weight excluding hydrogens is 370 g/mol. The standard InChI is InChI=1S/C19H21NO6S/c1-12(2)26-16-9-8-14(19(22)23)10-15(16)20-18(21)11-13-6-4-5-7-17(13)27(3,24)25/h4-10,12H,11H2,1-3H3,(H,20,21)(H,22,23). The first-order valence-electron chi connectivity index (χ1n) is 8.19. The quantitative estimate of drug-likeness (QED) is 0.751. The molecule has 0 aliphatic heterocycles. The number of carbonyl (C=O) groups is 2. The molecule has 0 bridgehead atoms. The van der Waals surface area contributed by atoms with Crippen LogP contribution in [0.4, 0.5) is 5.69 Å². The van der Waals surface area contributed by atoms with Crippen LogP contribution in [0.25, 0.3) is 0 Å².